The minimum absolute atomic E-state index is 0.0896. The Balaban J connectivity index is 2.14. The lowest BCUT2D eigenvalue weighted by molar-refractivity contribution is -0.122. The van der Waals surface area contributed by atoms with Crippen LogP contribution in [-0.2, 0) is 16.0 Å². The summed E-state index contributed by atoms with van der Waals surface area (Å²) in [5, 5.41) is 0. The van der Waals surface area contributed by atoms with Crippen LogP contribution in [0.1, 0.15) is 32.8 Å². The molecule has 0 spiro atoms. The lowest BCUT2D eigenvalue weighted by atomic mass is 10.0. The predicted octanol–water partition coefficient (Wildman–Crippen LogP) is 4.05. The molecule has 0 saturated carbocycles. The topological polar surface area (TPSA) is 46.6 Å². The van der Waals surface area contributed by atoms with E-state index in [2.05, 4.69) is 15.9 Å². The van der Waals surface area contributed by atoms with Crippen LogP contribution < -0.4 is 0 Å². The Morgan fingerprint density at radius 1 is 1.38 bits per heavy atom. The number of hydrogen-bond donors (Lipinski definition) is 0. The van der Waals surface area contributed by atoms with Gasteiger partial charge in [-0.25, -0.2) is 13.6 Å². The first-order chi connectivity index (χ1) is 11.1. The molecule has 1 aliphatic heterocycles. The molecule has 24 heavy (non-hydrogen) atoms. The number of amides is 1. The van der Waals surface area contributed by atoms with Gasteiger partial charge in [-0.15, -0.1) is 0 Å². The zero-order valence-corrected chi connectivity index (χ0v) is 15.4. The minimum Gasteiger partial charge on any atom is -0.444 e. The summed E-state index contributed by atoms with van der Waals surface area (Å²) in [7, 11) is 0. The van der Waals surface area contributed by atoms with Crippen LogP contribution in [0.5, 0.6) is 0 Å². The maximum Gasteiger partial charge on any atom is 0.411 e. The van der Waals surface area contributed by atoms with Gasteiger partial charge in [0.2, 0.25) is 0 Å². The molecule has 0 aliphatic carbocycles. The number of alkyl halides is 1. The molecule has 0 unspecified atom stereocenters. The number of hydrogen-bond acceptors (Lipinski definition) is 3. The highest BCUT2D eigenvalue weighted by atomic mass is 79.9. The van der Waals surface area contributed by atoms with Gasteiger partial charge in [-0.05, 0) is 48.3 Å². The van der Waals surface area contributed by atoms with Crippen LogP contribution in [0.15, 0.2) is 22.7 Å². The van der Waals surface area contributed by atoms with E-state index in [4.69, 9.17) is 4.74 Å². The van der Waals surface area contributed by atoms with Gasteiger partial charge in [-0.2, -0.15) is 0 Å². The second-order valence-corrected chi connectivity index (χ2v) is 7.69. The maximum absolute atomic E-state index is 14.0. The van der Waals surface area contributed by atoms with E-state index < -0.39 is 35.5 Å². The van der Waals surface area contributed by atoms with Crippen molar-refractivity contribution < 1.29 is 23.1 Å². The van der Waals surface area contributed by atoms with Crippen LogP contribution >= 0.6 is 15.9 Å². The van der Waals surface area contributed by atoms with Crippen molar-refractivity contribution in [2.75, 3.05) is 6.54 Å². The number of Topliss-reactive ketones (excluding diaryl/α,β-unsaturated/α-hetero) is 1. The molecular weight excluding hydrogens is 384 g/mol. The summed E-state index contributed by atoms with van der Waals surface area (Å²) in [5.41, 5.74) is -0.531. The van der Waals surface area contributed by atoms with Crippen molar-refractivity contribution in [3.63, 3.8) is 0 Å². The molecule has 1 amide bonds. The first-order valence-corrected chi connectivity index (χ1v) is 8.47. The van der Waals surface area contributed by atoms with E-state index in [1.54, 1.807) is 26.8 Å². The average Bonchev–Trinajstić information content (AvgIpc) is 2.84. The number of nitrogens with zero attached hydrogens (tertiary/aromatic N) is 1. The first kappa shape index (κ1) is 18.8. The molecule has 1 fully saturated rings. The predicted molar refractivity (Wildman–Crippen MR) is 89.1 cm³/mol. The Kier molecular flexibility index (Phi) is 5.63. The normalized spacial score (nSPS) is 21.0. The van der Waals surface area contributed by atoms with Crippen molar-refractivity contribution in [2.45, 2.75) is 51.4 Å². The molecule has 2 atom stereocenters. The van der Waals surface area contributed by atoms with E-state index in [1.165, 1.54) is 12.1 Å². The molecule has 1 saturated heterocycles. The second kappa shape index (κ2) is 7.17. The lowest BCUT2D eigenvalue weighted by Gasteiger charge is -2.27. The second-order valence-electron chi connectivity index (χ2n) is 6.84. The fourth-order valence-corrected chi connectivity index (χ4v) is 3.01. The Morgan fingerprint density at radius 2 is 2.04 bits per heavy atom. The highest BCUT2D eigenvalue weighted by Gasteiger charge is 2.41. The number of rotatable bonds is 3. The summed E-state index contributed by atoms with van der Waals surface area (Å²) in [4.78, 5) is 25.8. The Labute approximate surface area is 148 Å². The molecule has 0 aromatic heterocycles. The van der Waals surface area contributed by atoms with Crippen molar-refractivity contribution in [1.82, 2.24) is 4.90 Å². The molecule has 1 aromatic rings. The van der Waals surface area contributed by atoms with Crippen LogP contribution in [0.4, 0.5) is 13.6 Å². The van der Waals surface area contributed by atoms with Crippen molar-refractivity contribution in [3.8, 4) is 0 Å². The highest BCUT2D eigenvalue weighted by Crippen LogP contribution is 2.26. The van der Waals surface area contributed by atoms with Gasteiger partial charge in [0, 0.05) is 12.8 Å². The summed E-state index contributed by atoms with van der Waals surface area (Å²) < 4.78 is 33.3. The average molecular weight is 404 g/mol. The van der Waals surface area contributed by atoms with Gasteiger partial charge in [0.05, 0.1) is 17.1 Å². The summed E-state index contributed by atoms with van der Waals surface area (Å²) in [6.45, 7) is 4.90. The Morgan fingerprint density at radius 3 is 2.67 bits per heavy atom. The summed E-state index contributed by atoms with van der Waals surface area (Å²) in [6, 6.07) is 3.71. The van der Waals surface area contributed by atoms with E-state index in [1.807, 2.05) is 0 Å². The molecule has 1 heterocycles. The van der Waals surface area contributed by atoms with Crippen molar-refractivity contribution in [2.24, 2.45) is 0 Å². The van der Waals surface area contributed by atoms with E-state index in [0.29, 0.717) is 0 Å². The molecule has 1 aromatic carbocycles. The Bertz CT molecular complexity index is 645. The molecule has 1 aliphatic rings. The van der Waals surface area contributed by atoms with Gasteiger partial charge in [-0.1, -0.05) is 12.1 Å². The zero-order valence-electron chi connectivity index (χ0n) is 13.8. The van der Waals surface area contributed by atoms with Crippen molar-refractivity contribution >= 4 is 27.8 Å². The minimum atomic E-state index is -1.29. The standard InChI is InChI=1S/C17H20BrF2NO3/c1-17(2,3)24-16(23)21-9-11(19)8-13(21)14(22)7-10-5-4-6-12(18)15(10)20/h4-6,11,13H,7-9H2,1-3H3/t11-,13+/m1/s1. The first-order valence-electron chi connectivity index (χ1n) is 7.68. The SMILES string of the molecule is CC(C)(C)OC(=O)N1C[C@H](F)C[C@H]1C(=O)Cc1cccc(Br)c1F. The van der Waals surface area contributed by atoms with Crippen LogP contribution in [0.25, 0.3) is 0 Å². The fraction of sp³-hybridized carbons (Fsp3) is 0.529. The number of ether oxygens (including phenoxy) is 1. The van der Waals surface area contributed by atoms with E-state index >= 15 is 0 Å². The van der Waals surface area contributed by atoms with E-state index in [9.17, 15) is 18.4 Å². The third kappa shape index (κ3) is 4.53. The number of carbonyl (C=O) groups is 2. The number of likely N-dealkylation sites (tertiary alicyclic amines) is 1. The molecule has 0 N–H and O–H groups in total. The number of halogens is 3. The smallest absolute Gasteiger partial charge is 0.411 e. The van der Waals surface area contributed by atoms with Crippen molar-refractivity contribution in [3.05, 3.63) is 34.1 Å². The Hall–Kier alpha value is -1.50. The molecule has 132 valence electrons. The molecule has 7 heteroatoms. The van der Waals surface area contributed by atoms with Gasteiger partial charge < -0.3 is 4.74 Å². The van der Waals surface area contributed by atoms with Gasteiger partial charge >= 0.3 is 6.09 Å². The molecular formula is C17H20BrF2NO3. The third-order valence-corrected chi connectivity index (χ3v) is 4.26. The van der Waals surface area contributed by atoms with Crippen molar-refractivity contribution in [1.29, 1.82) is 0 Å². The van der Waals surface area contributed by atoms with Crippen LogP contribution in [0, 0.1) is 5.82 Å². The van der Waals surface area contributed by atoms with E-state index in [0.717, 1.165) is 4.90 Å². The van der Waals surface area contributed by atoms with Gasteiger partial charge in [0.15, 0.2) is 5.78 Å². The largest absolute Gasteiger partial charge is 0.444 e. The van der Waals surface area contributed by atoms with Gasteiger partial charge in [0.1, 0.15) is 17.6 Å². The van der Waals surface area contributed by atoms with Gasteiger partial charge in [-0.3, -0.25) is 9.69 Å². The lowest BCUT2D eigenvalue weighted by Crippen LogP contribution is -2.44. The van der Waals surface area contributed by atoms with Crippen LogP contribution in [0.2, 0.25) is 0 Å². The number of benzene rings is 1. The van der Waals surface area contributed by atoms with Crippen LogP contribution in [-0.4, -0.2) is 41.1 Å². The molecule has 0 radical (unpaired) electrons. The summed E-state index contributed by atoms with van der Waals surface area (Å²) >= 11 is 3.07. The van der Waals surface area contributed by atoms with E-state index in [-0.39, 0.29) is 29.4 Å². The monoisotopic (exact) mass is 403 g/mol. The maximum atomic E-state index is 14.0. The molecule has 2 rings (SSSR count). The number of carbonyl (C=O) groups excluding carboxylic acids is 2. The third-order valence-electron chi connectivity index (χ3n) is 3.65. The summed E-state index contributed by atoms with van der Waals surface area (Å²) in [5.74, 6) is -0.928. The number of ketones is 1. The van der Waals surface area contributed by atoms with Crippen LogP contribution in [0.3, 0.4) is 0 Å². The highest BCUT2D eigenvalue weighted by molar-refractivity contribution is 9.10. The fourth-order valence-electron chi connectivity index (χ4n) is 2.60. The quantitative estimate of drug-likeness (QED) is 0.764. The molecule has 4 nitrogen and oxygen atoms in total. The molecule has 0 bridgehead atoms. The summed E-state index contributed by atoms with van der Waals surface area (Å²) in [6.07, 6.45) is -2.31. The van der Waals surface area contributed by atoms with Gasteiger partial charge in [0.25, 0.3) is 0 Å². The zero-order chi connectivity index (χ0) is 18.1.